The smallest absolute Gasteiger partial charge is 0.303 e. The molecule has 0 aromatic heterocycles. The molecule has 1 fully saturated rings. The van der Waals surface area contributed by atoms with Gasteiger partial charge in [-0.15, -0.1) is 0 Å². The first-order valence-corrected chi connectivity index (χ1v) is 31.7. The zero-order chi connectivity index (χ0) is 69.0. The van der Waals surface area contributed by atoms with E-state index in [4.69, 9.17) is 4.74 Å². The maximum atomic E-state index is 15.4. The third-order valence-corrected chi connectivity index (χ3v) is 16.8. The van der Waals surface area contributed by atoms with Crippen LogP contribution >= 0.6 is 0 Å². The van der Waals surface area contributed by atoms with Crippen LogP contribution in [0.1, 0.15) is 163 Å². The summed E-state index contributed by atoms with van der Waals surface area (Å²) in [6, 6.07) is -14.3. The molecule has 0 bridgehead atoms. The molecule has 1 saturated heterocycles. The number of likely N-dealkylation sites (N-methyl/N-ethyl adjacent to an activating group) is 6. The predicted octanol–water partition coefficient (Wildman–Crippen LogP) is 2.86. The molecule has 1 rings (SSSR count). The minimum absolute atomic E-state index is 0.0241. The number of aliphatic hydroxyl groups excluding tert-OH is 1. The molecule has 0 aliphatic carbocycles. The number of nitrogens with one attached hydrogen (secondary N) is 5. The van der Waals surface area contributed by atoms with Crippen LogP contribution in [0.15, 0.2) is 12.2 Å². The average Bonchev–Trinajstić information content (AvgIpc) is 0.943. The molecule has 0 unspecified atom stereocenters. The van der Waals surface area contributed by atoms with E-state index in [0.29, 0.717) is 0 Å². The summed E-state index contributed by atoms with van der Waals surface area (Å²) in [5, 5.41) is 23.6. The first kappa shape index (κ1) is 80.4. The largest absolute Gasteiger partial charge is 0.459 e. The number of allylic oxidation sites excluding steroid dienone is 2. The number of aliphatic hydroxyl groups is 1. The average molecular weight is 1260 g/mol. The van der Waals surface area contributed by atoms with Crippen LogP contribution in [0.5, 0.6) is 0 Å². The predicted molar refractivity (Wildman–Crippen MR) is 339 cm³/mol. The summed E-state index contributed by atoms with van der Waals surface area (Å²) < 4.78 is 5.92. The molecule has 0 radical (unpaired) electrons. The van der Waals surface area contributed by atoms with Crippen molar-refractivity contribution < 1.29 is 67.4 Å². The maximum absolute atomic E-state index is 15.4. The summed E-state index contributed by atoms with van der Waals surface area (Å²) in [5.74, 6) is -12.0. The lowest BCUT2D eigenvalue weighted by molar-refractivity contribution is -0.164. The van der Waals surface area contributed by atoms with Gasteiger partial charge in [0.05, 0.1) is 0 Å². The van der Waals surface area contributed by atoms with Crippen molar-refractivity contribution in [3.8, 4) is 0 Å². The standard InChI is InChI=1S/C64H113N11O14/c1-25-27-28-40(14)53(89-44(18)77)52-58(82)67-45(26-2)60(84)70(19)43(17)55(79)69-50(39(13)29-30-76)57(81)68-49(37(9)10)63(87)71(20)46(31-34(3)4)56(80)65-41(15)54(78)66-42(16)59(83)72(21)47(32-35(5)6)61(85)73(22)48(33-36(7)8)62(86)74(23)51(38(11)12)64(88)75(52)24/h25,27,34-43,45-53,76H,26,28-33H2,1-24H3,(H,65,80)(H,66,78)(H,67,82)(H,68,81)(H,69,79)/b27-25+/t39-,40-,41+,42-,43-,45+,46+,47+,48+,49+,50+,51+,52+,53-/m1/s1. The molecule has 25 heteroatoms. The van der Waals surface area contributed by atoms with Gasteiger partial charge in [0.2, 0.25) is 65.0 Å². The molecule has 25 nitrogen and oxygen atoms in total. The zero-order valence-corrected chi connectivity index (χ0v) is 58.0. The topological polar surface area (TPSA) is 314 Å². The second kappa shape index (κ2) is 36.9. The maximum Gasteiger partial charge on any atom is 0.303 e. The Labute approximate surface area is 530 Å². The lowest BCUT2D eigenvalue weighted by Crippen LogP contribution is -2.64. The van der Waals surface area contributed by atoms with E-state index >= 15 is 19.2 Å². The van der Waals surface area contributed by atoms with Crippen LogP contribution in [-0.2, 0) is 62.3 Å². The number of hydrogen-bond acceptors (Lipinski definition) is 14. The Morgan fingerprint density at radius 3 is 1.43 bits per heavy atom. The Kier molecular flexibility index (Phi) is 33.3. The molecule has 89 heavy (non-hydrogen) atoms. The molecule has 0 saturated carbocycles. The first-order valence-electron chi connectivity index (χ1n) is 31.7. The van der Waals surface area contributed by atoms with Crippen LogP contribution in [0.25, 0.3) is 0 Å². The monoisotopic (exact) mass is 1260 g/mol. The molecule has 0 aromatic carbocycles. The van der Waals surface area contributed by atoms with E-state index in [-0.39, 0.29) is 62.9 Å². The highest BCUT2D eigenvalue weighted by Crippen LogP contribution is 2.27. The van der Waals surface area contributed by atoms with Crippen LogP contribution in [0, 0.1) is 41.4 Å². The SMILES string of the molecule is C/C=C/C[C@@H](C)[C@@H](OC(C)=O)[C@H]1C(=O)N[C@@H](CC)C(=O)N(C)[C@H](C)C(=O)N[C@@H]([C@H](C)CCO)C(=O)N[C@@H](C(C)C)C(=O)N(C)[C@@H](CC(C)C)C(=O)N[C@@H](C)C(=O)N[C@H](C)C(=O)N(C)[C@@H](CC(C)C)C(=O)N(C)[C@@H](CC(C)C)C(=O)N(C)[C@@H](C(C)C)C(=O)N1C. The third-order valence-electron chi connectivity index (χ3n) is 16.8. The number of amides is 11. The molecular weight excluding hydrogens is 1150 g/mol. The zero-order valence-electron chi connectivity index (χ0n) is 58.0. The second-order valence-electron chi connectivity index (χ2n) is 26.4. The van der Waals surface area contributed by atoms with Gasteiger partial charge in [-0.25, -0.2) is 0 Å². The van der Waals surface area contributed by atoms with Crippen molar-refractivity contribution in [2.24, 2.45) is 41.4 Å². The van der Waals surface area contributed by atoms with Gasteiger partial charge in [0.25, 0.3) is 0 Å². The van der Waals surface area contributed by atoms with Crippen molar-refractivity contribution in [3.63, 3.8) is 0 Å². The van der Waals surface area contributed by atoms with Crippen molar-refractivity contribution in [1.29, 1.82) is 0 Å². The fourth-order valence-corrected chi connectivity index (χ4v) is 11.0. The van der Waals surface area contributed by atoms with Crippen LogP contribution in [0.2, 0.25) is 0 Å². The van der Waals surface area contributed by atoms with Gasteiger partial charge < -0.3 is 65.8 Å². The van der Waals surface area contributed by atoms with Crippen molar-refractivity contribution in [1.82, 2.24) is 56.0 Å². The lowest BCUT2D eigenvalue weighted by atomic mass is 9.91. The van der Waals surface area contributed by atoms with Gasteiger partial charge in [-0.05, 0) is 108 Å². The molecular formula is C64H113N11O14. The third kappa shape index (κ3) is 22.7. The fourth-order valence-electron chi connectivity index (χ4n) is 11.0. The molecule has 0 aromatic rings. The number of hydrogen-bond donors (Lipinski definition) is 6. The summed E-state index contributed by atoms with van der Waals surface area (Å²) in [4.78, 5) is 182. The second-order valence-corrected chi connectivity index (χ2v) is 26.4. The molecule has 1 heterocycles. The van der Waals surface area contributed by atoms with E-state index in [1.54, 1.807) is 67.5 Å². The van der Waals surface area contributed by atoms with Crippen molar-refractivity contribution in [3.05, 3.63) is 12.2 Å². The van der Waals surface area contributed by atoms with E-state index in [0.717, 1.165) is 16.7 Å². The van der Waals surface area contributed by atoms with E-state index in [1.165, 1.54) is 82.7 Å². The van der Waals surface area contributed by atoms with Crippen LogP contribution in [0.3, 0.4) is 0 Å². The normalized spacial score (nSPS) is 27.2. The Morgan fingerprint density at radius 2 is 0.966 bits per heavy atom. The first-order chi connectivity index (χ1) is 41.2. The summed E-state index contributed by atoms with van der Waals surface area (Å²) in [6.07, 6.45) is 2.88. The van der Waals surface area contributed by atoms with Crippen LogP contribution < -0.4 is 26.6 Å². The van der Waals surface area contributed by atoms with Crippen LogP contribution in [-0.4, -0.2) is 227 Å². The number of nitrogens with zero attached hydrogens (tertiary/aromatic N) is 6. The molecule has 6 N–H and O–H groups in total. The minimum atomic E-state index is -1.63. The summed E-state index contributed by atoms with van der Waals surface area (Å²) >= 11 is 0. The van der Waals surface area contributed by atoms with Gasteiger partial charge in [0, 0.05) is 55.8 Å². The van der Waals surface area contributed by atoms with E-state index < -0.39 is 167 Å². The van der Waals surface area contributed by atoms with Gasteiger partial charge in [0.1, 0.15) is 72.6 Å². The Hall–Kier alpha value is -6.66. The quantitative estimate of drug-likeness (QED) is 0.0902. The highest BCUT2D eigenvalue weighted by Gasteiger charge is 2.47. The van der Waals surface area contributed by atoms with Gasteiger partial charge in [-0.2, -0.15) is 0 Å². The highest BCUT2D eigenvalue weighted by molar-refractivity contribution is 6.00. The summed E-state index contributed by atoms with van der Waals surface area (Å²) in [6.45, 7) is 29.6. The van der Waals surface area contributed by atoms with Gasteiger partial charge in [-0.1, -0.05) is 102 Å². The van der Waals surface area contributed by atoms with Gasteiger partial charge >= 0.3 is 5.97 Å². The number of carbonyl (C=O) groups excluding carboxylic acids is 12. The van der Waals surface area contributed by atoms with E-state index in [1.807, 2.05) is 41.5 Å². The van der Waals surface area contributed by atoms with Crippen LogP contribution in [0.4, 0.5) is 0 Å². The number of carbonyl (C=O) groups is 12. The highest BCUT2D eigenvalue weighted by atomic mass is 16.5. The summed E-state index contributed by atoms with van der Waals surface area (Å²) in [5.41, 5.74) is 0. The van der Waals surface area contributed by atoms with Crippen molar-refractivity contribution in [2.75, 3.05) is 48.9 Å². The number of esters is 1. The van der Waals surface area contributed by atoms with Crippen molar-refractivity contribution in [2.45, 2.75) is 236 Å². The number of rotatable bonds is 17. The van der Waals surface area contributed by atoms with Gasteiger partial charge in [-0.3, -0.25) is 57.5 Å². The molecule has 0 spiro atoms. The fraction of sp³-hybridized carbons (Fsp3) is 0.781. The van der Waals surface area contributed by atoms with Gasteiger partial charge in [0.15, 0.2) is 0 Å². The minimum Gasteiger partial charge on any atom is -0.459 e. The molecule has 14 atom stereocenters. The number of ether oxygens (including phenoxy) is 1. The lowest BCUT2D eigenvalue weighted by Gasteiger charge is -2.42. The molecule has 11 amide bonds. The van der Waals surface area contributed by atoms with E-state index in [9.17, 15) is 43.5 Å². The summed E-state index contributed by atoms with van der Waals surface area (Å²) in [7, 11) is 8.36. The molecule has 508 valence electrons. The Morgan fingerprint density at radius 1 is 0.506 bits per heavy atom. The Bertz CT molecular complexity index is 2470. The Balaban J connectivity index is 4.47. The molecule has 1 aliphatic rings. The van der Waals surface area contributed by atoms with Crippen molar-refractivity contribution >= 4 is 70.9 Å². The van der Waals surface area contributed by atoms with E-state index in [2.05, 4.69) is 26.6 Å². The molecule has 1 aliphatic heterocycles.